The Bertz CT molecular complexity index is 487. The van der Waals surface area contributed by atoms with Gasteiger partial charge in [-0.15, -0.1) is 0 Å². The molecule has 0 saturated heterocycles. The molecule has 0 radical (unpaired) electrons. The molecule has 5 heteroatoms. The van der Waals surface area contributed by atoms with Gasteiger partial charge in [-0.25, -0.2) is 9.59 Å². The van der Waals surface area contributed by atoms with Crippen molar-refractivity contribution in [1.82, 2.24) is 10.6 Å². The fraction of sp³-hybridized carbons (Fsp3) is 0.429. The first-order valence-electron chi connectivity index (χ1n) is 6.31. The number of carbonyl (C=O) groups is 2. The lowest BCUT2D eigenvalue weighted by Gasteiger charge is -2.08. The summed E-state index contributed by atoms with van der Waals surface area (Å²) in [6.45, 7) is 2.49. The highest BCUT2D eigenvalue weighted by molar-refractivity contribution is 5.89. The average Bonchev–Trinajstić information content (AvgIpc) is 3.11. The molecule has 1 saturated carbocycles. The first-order valence-corrected chi connectivity index (χ1v) is 6.31. The van der Waals surface area contributed by atoms with Crippen LogP contribution in [-0.4, -0.2) is 25.2 Å². The molecule has 0 spiro atoms. The molecular weight excluding hydrogens is 244 g/mol. The number of hydrogen-bond donors (Lipinski definition) is 2. The van der Waals surface area contributed by atoms with E-state index < -0.39 is 0 Å². The maximum absolute atomic E-state index is 11.6. The Labute approximate surface area is 112 Å². The molecule has 0 aliphatic heterocycles. The highest BCUT2D eigenvalue weighted by Gasteiger charge is 2.33. The van der Waals surface area contributed by atoms with Crippen LogP contribution >= 0.6 is 0 Å². The summed E-state index contributed by atoms with van der Waals surface area (Å²) in [6, 6.07) is 7.16. The molecule has 2 rings (SSSR count). The van der Waals surface area contributed by atoms with E-state index in [0.717, 1.165) is 12.0 Å². The molecule has 2 amide bonds. The van der Waals surface area contributed by atoms with Gasteiger partial charge in [0.15, 0.2) is 0 Å². The molecular formula is C14H18N2O3. The van der Waals surface area contributed by atoms with Crippen LogP contribution in [0.25, 0.3) is 0 Å². The van der Waals surface area contributed by atoms with Crippen LogP contribution in [0.3, 0.4) is 0 Å². The van der Waals surface area contributed by atoms with Crippen molar-refractivity contribution in [2.75, 3.05) is 7.11 Å². The van der Waals surface area contributed by atoms with Gasteiger partial charge in [-0.05, 0) is 30.0 Å². The molecule has 1 aliphatic rings. The van der Waals surface area contributed by atoms with Crippen LogP contribution < -0.4 is 10.6 Å². The predicted molar refractivity (Wildman–Crippen MR) is 70.7 cm³/mol. The van der Waals surface area contributed by atoms with Gasteiger partial charge < -0.3 is 15.4 Å². The Kier molecular flexibility index (Phi) is 4.04. The van der Waals surface area contributed by atoms with Crippen LogP contribution in [0.15, 0.2) is 24.3 Å². The fourth-order valence-corrected chi connectivity index (χ4v) is 1.85. The molecule has 0 unspecified atom stereocenters. The second-order valence-corrected chi connectivity index (χ2v) is 4.84. The van der Waals surface area contributed by atoms with E-state index in [9.17, 15) is 9.59 Å². The zero-order valence-electron chi connectivity index (χ0n) is 11.1. The van der Waals surface area contributed by atoms with Crippen molar-refractivity contribution in [2.24, 2.45) is 5.92 Å². The fourth-order valence-electron chi connectivity index (χ4n) is 1.85. The van der Waals surface area contributed by atoms with Crippen molar-refractivity contribution in [1.29, 1.82) is 0 Å². The van der Waals surface area contributed by atoms with Crippen molar-refractivity contribution >= 4 is 12.0 Å². The molecule has 5 nitrogen and oxygen atoms in total. The molecule has 102 valence electrons. The van der Waals surface area contributed by atoms with Gasteiger partial charge in [0.2, 0.25) is 0 Å². The summed E-state index contributed by atoms with van der Waals surface area (Å²) < 4.78 is 4.65. The van der Waals surface area contributed by atoms with Gasteiger partial charge in [0.25, 0.3) is 0 Å². The average molecular weight is 262 g/mol. The number of benzene rings is 1. The zero-order valence-corrected chi connectivity index (χ0v) is 11.1. The first-order chi connectivity index (χ1) is 9.10. The van der Waals surface area contributed by atoms with Crippen molar-refractivity contribution in [3.8, 4) is 0 Å². The summed E-state index contributed by atoms with van der Waals surface area (Å²) in [7, 11) is 1.34. The number of urea groups is 1. The summed E-state index contributed by atoms with van der Waals surface area (Å²) in [5.74, 6) is 0.200. The van der Waals surface area contributed by atoms with Crippen molar-refractivity contribution in [3.05, 3.63) is 35.4 Å². The lowest BCUT2D eigenvalue weighted by atomic mass is 10.1. The molecule has 1 aromatic carbocycles. The quantitative estimate of drug-likeness (QED) is 0.811. The smallest absolute Gasteiger partial charge is 0.337 e. The van der Waals surface area contributed by atoms with Crippen LogP contribution in [0.5, 0.6) is 0 Å². The number of ether oxygens (including phenoxy) is 1. The topological polar surface area (TPSA) is 67.4 Å². The molecule has 0 bridgehead atoms. The normalized spacial score (nSPS) is 20.5. The van der Waals surface area contributed by atoms with E-state index in [1.807, 2.05) is 6.07 Å². The second-order valence-electron chi connectivity index (χ2n) is 4.84. The van der Waals surface area contributed by atoms with E-state index >= 15 is 0 Å². The number of amides is 2. The molecule has 2 atom stereocenters. The van der Waals surface area contributed by atoms with Crippen LogP contribution in [0.1, 0.15) is 29.3 Å². The predicted octanol–water partition coefficient (Wildman–Crippen LogP) is 1.68. The summed E-state index contributed by atoms with van der Waals surface area (Å²) in [6.07, 6.45) is 1.05. The van der Waals surface area contributed by atoms with Gasteiger partial charge in [0.05, 0.1) is 12.7 Å². The Morgan fingerprint density at radius 3 is 2.79 bits per heavy atom. The largest absolute Gasteiger partial charge is 0.465 e. The summed E-state index contributed by atoms with van der Waals surface area (Å²) in [4.78, 5) is 22.9. The van der Waals surface area contributed by atoms with E-state index in [4.69, 9.17) is 0 Å². The second kappa shape index (κ2) is 5.73. The van der Waals surface area contributed by atoms with Crippen LogP contribution in [0, 0.1) is 5.92 Å². The Hall–Kier alpha value is -2.04. The Morgan fingerprint density at radius 1 is 1.42 bits per heavy atom. The SMILES string of the molecule is COC(=O)c1cccc(CNC(=O)N[C@@H]2C[C@H]2C)c1. The van der Waals surface area contributed by atoms with Crippen molar-refractivity contribution in [2.45, 2.75) is 25.9 Å². The van der Waals surface area contributed by atoms with Crippen LogP contribution in [0.2, 0.25) is 0 Å². The highest BCUT2D eigenvalue weighted by Crippen LogP contribution is 2.28. The maximum Gasteiger partial charge on any atom is 0.337 e. The Morgan fingerprint density at radius 2 is 2.16 bits per heavy atom. The summed E-state index contributed by atoms with van der Waals surface area (Å²) >= 11 is 0. The number of esters is 1. The number of hydrogen-bond acceptors (Lipinski definition) is 3. The highest BCUT2D eigenvalue weighted by atomic mass is 16.5. The van der Waals surface area contributed by atoms with E-state index in [1.165, 1.54) is 7.11 Å². The van der Waals surface area contributed by atoms with Gasteiger partial charge >= 0.3 is 12.0 Å². The lowest BCUT2D eigenvalue weighted by Crippen LogP contribution is -2.36. The number of nitrogens with one attached hydrogen (secondary N) is 2. The van der Waals surface area contributed by atoms with Gasteiger partial charge in [-0.3, -0.25) is 0 Å². The standard InChI is InChI=1S/C14H18N2O3/c1-9-6-12(9)16-14(18)15-8-10-4-3-5-11(7-10)13(17)19-2/h3-5,7,9,12H,6,8H2,1-2H3,(H2,15,16,18)/t9-,12-/m1/s1. The van der Waals surface area contributed by atoms with Gasteiger partial charge in [-0.2, -0.15) is 0 Å². The minimum atomic E-state index is -0.377. The molecule has 1 aliphatic carbocycles. The van der Waals surface area contributed by atoms with E-state index in [-0.39, 0.29) is 12.0 Å². The molecule has 1 fully saturated rings. The monoisotopic (exact) mass is 262 g/mol. The van der Waals surface area contributed by atoms with Gasteiger partial charge in [0, 0.05) is 12.6 Å². The van der Waals surface area contributed by atoms with Gasteiger partial charge in [0.1, 0.15) is 0 Å². The van der Waals surface area contributed by atoms with E-state index in [1.54, 1.807) is 18.2 Å². The molecule has 19 heavy (non-hydrogen) atoms. The third-order valence-electron chi connectivity index (χ3n) is 3.23. The first kappa shape index (κ1) is 13.4. The molecule has 2 N–H and O–H groups in total. The third-order valence-corrected chi connectivity index (χ3v) is 3.23. The summed E-state index contributed by atoms with van der Waals surface area (Å²) in [5.41, 5.74) is 1.35. The number of methoxy groups -OCH3 is 1. The minimum absolute atomic E-state index is 0.169. The van der Waals surface area contributed by atoms with Crippen LogP contribution in [-0.2, 0) is 11.3 Å². The molecule has 0 heterocycles. The molecule has 1 aromatic rings. The summed E-state index contributed by atoms with van der Waals surface area (Å²) in [5, 5.41) is 5.65. The Balaban J connectivity index is 1.85. The van der Waals surface area contributed by atoms with Crippen molar-refractivity contribution in [3.63, 3.8) is 0 Å². The number of rotatable bonds is 4. The maximum atomic E-state index is 11.6. The van der Waals surface area contributed by atoms with Crippen molar-refractivity contribution < 1.29 is 14.3 Å². The van der Waals surface area contributed by atoms with E-state index in [0.29, 0.717) is 24.1 Å². The van der Waals surface area contributed by atoms with Gasteiger partial charge in [-0.1, -0.05) is 19.1 Å². The lowest BCUT2D eigenvalue weighted by molar-refractivity contribution is 0.0600. The molecule has 0 aromatic heterocycles. The zero-order chi connectivity index (χ0) is 13.8. The van der Waals surface area contributed by atoms with E-state index in [2.05, 4.69) is 22.3 Å². The minimum Gasteiger partial charge on any atom is -0.465 e. The van der Waals surface area contributed by atoms with Crippen LogP contribution in [0.4, 0.5) is 4.79 Å². The third kappa shape index (κ3) is 3.71. The number of carbonyl (C=O) groups excluding carboxylic acids is 2.